The number of nitrogens with zero attached hydrogens (tertiary/aromatic N) is 3. The van der Waals surface area contributed by atoms with Crippen LogP contribution >= 0.6 is 12.2 Å². The highest BCUT2D eigenvalue weighted by atomic mass is 32.1. The second-order valence-electron chi connectivity index (χ2n) is 7.96. The van der Waals surface area contributed by atoms with Crippen molar-refractivity contribution in [1.82, 2.24) is 5.32 Å². The van der Waals surface area contributed by atoms with Crippen LogP contribution in [0.1, 0.15) is 28.8 Å². The van der Waals surface area contributed by atoms with Crippen LogP contribution in [0.2, 0.25) is 0 Å². The molecule has 2 aromatic rings. The van der Waals surface area contributed by atoms with Crippen LogP contribution in [-0.2, 0) is 15.7 Å². The molecule has 0 aliphatic carbocycles. The number of anilines is 2. The Hall–Kier alpha value is -3.56. The Bertz CT molecular complexity index is 1270. The molecule has 12 heteroatoms. The molecule has 0 unspecified atom stereocenters. The third-order valence-corrected chi connectivity index (χ3v) is 6.44. The predicted molar refractivity (Wildman–Crippen MR) is 123 cm³/mol. The van der Waals surface area contributed by atoms with Gasteiger partial charge in [-0.2, -0.15) is 13.2 Å². The molecule has 0 aromatic heterocycles. The van der Waals surface area contributed by atoms with Crippen LogP contribution in [0, 0.1) is 12.4 Å². The first-order valence-corrected chi connectivity index (χ1v) is 10.8. The lowest BCUT2D eigenvalue weighted by Crippen LogP contribution is -2.53. The largest absolute Gasteiger partial charge is 0.407 e. The number of nitrogens with one attached hydrogen (secondary N) is 1. The van der Waals surface area contributed by atoms with E-state index in [1.54, 1.807) is 0 Å². The standard InChI is InChI=1S/C23H18F4N4O3S/c1-28-18-6-4-13(11-16(18)23(25,26)27)30-20(33)22(7-9-34-10-8-22)31(21(30)35)14-3-5-15(17(24)12-14)19(32)29-2/h3-6,11-12H,7-10H2,2H3,(H,29,32). The summed E-state index contributed by atoms with van der Waals surface area (Å²) in [5.74, 6) is -2.07. The zero-order valence-corrected chi connectivity index (χ0v) is 19.1. The second kappa shape index (κ2) is 8.90. The highest BCUT2D eigenvalue weighted by Crippen LogP contribution is 2.45. The van der Waals surface area contributed by atoms with Crippen molar-refractivity contribution in [2.24, 2.45) is 0 Å². The lowest BCUT2D eigenvalue weighted by Gasteiger charge is -2.38. The number of thiocarbonyl (C=S) groups is 1. The quantitative estimate of drug-likeness (QED) is 0.379. The van der Waals surface area contributed by atoms with Crippen molar-refractivity contribution in [3.05, 3.63) is 64.8 Å². The van der Waals surface area contributed by atoms with Crippen molar-refractivity contribution in [3.63, 3.8) is 0 Å². The summed E-state index contributed by atoms with van der Waals surface area (Å²) in [5.41, 5.74) is -3.31. The van der Waals surface area contributed by atoms with E-state index in [1.807, 2.05) is 0 Å². The summed E-state index contributed by atoms with van der Waals surface area (Å²) < 4.78 is 60.9. The number of hydrogen-bond acceptors (Lipinski definition) is 4. The molecule has 182 valence electrons. The molecule has 2 amide bonds. The van der Waals surface area contributed by atoms with Gasteiger partial charge in [0.15, 0.2) is 10.8 Å². The van der Waals surface area contributed by atoms with Gasteiger partial charge in [0.05, 0.1) is 17.7 Å². The molecular formula is C23H18F4N4O3S. The van der Waals surface area contributed by atoms with Gasteiger partial charge in [-0.3, -0.25) is 14.5 Å². The van der Waals surface area contributed by atoms with Gasteiger partial charge in [-0.1, -0.05) is 6.07 Å². The number of benzene rings is 2. The molecule has 0 bridgehead atoms. The number of rotatable bonds is 3. The molecule has 2 aromatic carbocycles. The highest BCUT2D eigenvalue weighted by molar-refractivity contribution is 7.81. The Kier molecular flexibility index (Phi) is 6.25. The number of carbonyl (C=O) groups excluding carboxylic acids is 2. The maximum atomic E-state index is 14.8. The molecule has 1 N–H and O–H groups in total. The van der Waals surface area contributed by atoms with E-state index in [-0.39, 0.29) is 48.1 Å². The molecule has 1 spiro atoms. The smallest absolute Gasteiger partial charge is 0.381 e. The number of carbonyl (C=O) groups is 2. The van der Waals surface area contributed by atoms with E-state index in [4.69, 9.17) is 23.5 Å². The van der Waals surface area contributed by atoms with Gasteiger partial charge >= 0.3 is 6.18 Å². The average molecular weight is 506 g/mol. The van der Waals surface area contributed by atoms with Gasteiger partial charge in [-0.05, 0) is 42.5 Å². The van der Waals surface area contributed by atoms with Gasteiger partial charge in [0.25, 0.3) is 11.8 Å². The SMILES string of the molecule is [C-]#[N+]c1ccc(N2C(=O)C3(CCOCC3)N(c3ccc(C(=O)NC)c(F)c3)C2=S)cc1C(F)(F)F. The Morgan fingerprint density at radius 2 is 1.83 bits per heavy atom. The van der Waals surface area contributed by atoms with Gasteiger partial charge in [0.2, 0.25) is 0 Å². The monoisotopic (exact) mass is 506 g/mol. The normalized spacial score (nSPS) is 17.6. The molecule has 2 aliphatic rings. The molecule has 0 radical (unpaired) electrons. The van der Waals surface area contributed by atoms with Crippen molar-refractivity contribution in [3.8, 4) is 0 Å². The van der Waals surface area contributed by atoms with E-state index in [0.29, 0.717) is 6.07 Å². The molecule has 2 heterocycles. The third-order valence-electron chi connectivity index (χ3n) is 6.08. The van der Waals surface area contributed by atoms with Gasteiger partial charge in [0, 0.05) is 44.5 Å². The van der Waals surface area contributed by atoms with Crippen LogP contribution in [0.3, 0.4) is 0 Å². The fourth-order valence-corrected chi connectivity index (χ4v) is 4.82. The average Bonchev–Trinajstić information content (AvgIpc) is 3.03. The van der Waals surface area contributed by atoms with E-state index >= 15 is 0 Å². The molecule has 2 aliphatic heterocycles. The van der Waals surface area contributed by atoms with Gasteiger partial charge in [0.1, 0.15) is 11.4 Å². The molecule has 0 saturated carbocycles. The van der Waals surface area contributed by atoms with Crippen molar-refractivity contribution in [2.75, 3.05) is 30.1 Å². The molecule has 2 saturated heterocycles. The zero-order valence-electron chi connectivity index (χ0n) is 18.3. The summed E-state index contributed by atoms with van der Waals surface area (Å²) in [4.78, 5) is 31.0. The minimum atomic E-state index is -4.82. The van der Waals surface area contributed by atoms with Crippen molar-refractivity contribution >= 4 is 46.2 Å². The molecule has 0 atom stereocenters. The lowest BCUT2D eigenvalue weighted by atomic mass is 9.87. The summed E-state index contributed by atoms with van der Waals surface area (Å²) in [6.07, 6.45) is -4.50. The first-order valence-electron chi connectivity index (χ1n) is 10.4. The molecular weight excluding hydrogens is 488 g/mol. The van der Waals surface area contributed by atoms with E-state index < -0.39 is 40.6 Å². The third kappa shape index (κ3) is 4.00. The highest BCUT2D eigenvalue weighted by Gasteiger charge is 2.57. The Morgan fingerprint density at radius 3 is 2.40 bits per heavy atom. The number of halogens is 4. The van der Waals surface area contributed by atoms with Crippen LogP contribution < -0.4 is 15.1 Å². The number of amides is 2. The minimum absolute atomic E-state index is 0.146. The Labute approximate surface area is 203 Å². The maximum Gasteiger partial charge on any atom is 0.407 e. The summed E-state index contributed by atoms with van der Waals surface area (Å²) in [5, 5.41) is 2.18. The maximum absolute atomic E-state index is 14.8. The van der Waals surface area contributed by atoms with E-state index in [0.717, 1.165) is 17.0 Å². The van der Waals surface area contributed by atoms with Gasteiger partial charge in [-0.15, -0.1) is 0 Å². The van der Waals surface area contributed by atoms with Crippen molar-refractivity contribution in [1.29, 1.82) is 0 Å². The number of ether oxygens (including phenoxy) is 1. The number of alkyl halides is 3. The zero-order chi connectivity index (χ0) is 25.5. The lowest BCUT2D eigenvalue weighted by molar-refractivity contribution is -0.136. The van der Waals surface area contributed by atoms with Gasteiger partial charge < -0.3 is 15.0 Å². The molecule has 2 fully saturated rings. The fraction of sp³-hybridized carbons (Fsp3) is 0.304. The minimum Gasteiger partial charge on any atom is -0.381 e. The van der Waals surface area contributed by atoms with Crippen molar-refractivity contribution < 1.29 is 31.9 Å². The van der Waals surface area contributed by atoms with Crippen LogP contribution in [0.5, 0.6) is 0 Å². The first kappa shape index (κ1) is 24.6. The number of hydrogen-bond donors (Lipinski definition) is 1. The second-order valence-corrected chi connectivity index (χ2v) is 8.32. The van der Waals surface area contributed by atoms with Crippen LogP contribution in [0.25, 0.3) is 4.85 Å². The predicted octanol–water partition coefficient (Wildman–Crippen LogP) is 4.44. The van der Waals surface area contributed by atoms with Crippen LogP contribution in [0.4, 0.5) is 34.6 Å². The summed E-state index contributed by atoms with van der Waals surface area (Å²) in [6, 6.07) is 6.66. The van der Waals surface area contributed by atoms with Crippen LogP contribution in [0.15, 0.2) is 36.4 Å². The van der Waals surface area contributed by atoms with E-state index in [1.165, 1.54) is 30.1 Å². The first-order chi connectivity index (χ1) is 16.5. The Balaban J connectivity index is 1.85. The van der Waals surface area contributed by atoms with Gasteiger partial charge in [-0.25, -0.2) is 9.24 Å². The summed E-state index contributed by atoms with van der Waals surface area (Å²) in [7, 11) is 1.35. The van der Waals surface area contributed by atoms with E-state index in [2.05, 4.69) is 10.2 Å². The van der Waals surface area contributed by atoms with Crippen molar-refractivity contribution in [2.45, 2.75) is 24.6 Å². The summed E-state index contributed by atoms with van der Waals surface area (Å²) >= 11 is 5.55. The van der Waals surface area contributed by atoms with E-state index in [9.17, 15) is 27.2 Å². The molecule has 35 heavy (non-hydrogen) atoms. The topological polar surface area (TPSA) is 66.2 Å². The molecule has 4 rings (SSSR count). The molecule has 7 nitrogen and oxygen atoms in total. The Morgan fingerprint density at radius 1 is 1.17 bits per heavy atom. The van der Waals surface area contributed by atoms with Crippen LogP contribution in [-0.4, -0.2) is 42.7 Å². The summed E-state index contributed by atoms with van der Waals surface area (Å²) in [6.45, 7) is 7.40. The fourth-order valence-electron chi connectivity index (χ4n) is 4.36.